The van der Waals surface area contributed by atoms with Gasteiger partial charge in [-0.05, 0) is 38.8 Å². The van der Waals surface area contributed by atoms with Gasteiger partial charge in [0, 0.05) is 18.6 Å². The lowest BCUT2D eigenvalue weighted by Gasteiger charge is -2.35. The summed E-state index contributed by atoms with van der Waals surface area (Å²) in [5, 5.41) is 14.1. The zero-order chi connectivity index (χ0) is 19.1. The predicted molar refractivity (Wildman–Crippen MR) is 105 cm³/mol. The number of hydrogen-bond acceptors (Lipinski definition) is 6. The molecule has 2 rings (SSSR count). The van der Waals surface area contributed by atoms with E-state index >= 15 is 0 Å². The molecule has 0 saturated heterocycles. The first-order valence-electron chi connectivity index (χ1n) is 9.11. The van der Waals surface area contributed by atoms with Gasteiger partial charge < -0.3 is 14.4 Å². The number of hydrogen-bond donors (Lipinski definition) is 1. The van der Waals surface area contributed by atoms with Gasteiger partial charge >= 0.3 is 0 Å². The number of oxazole rings is 1. The molecule has 0 aliphatic carbocycles. The molecule has 0 radical (unpaired) electrons. The van der Waals surface area contributed by atoms with Gasteiger partial charge in [0.2, 0.25) is 5.17 Å². The maximum Gasteiger partial charge on any atom is 0.261 e. The Kier molecular flexibility index (Phi) is 7.87. The number of fused-ring (bicyclic) bond motifs is 1. The molecule has 1 aromatic heterocycles. The van der Waals surface area contributed by atoms with Crippen LogP contribution in [0.2, 0.25) is 0 Å². The summed E-state index contributed by atoms with van der Waals surface area (Å²) in [6, 6.07) is 8.15. The minimum atomic E-state index is -0.658. The Morgan fingerprint density at radius 2 is 1.92 bits per heavy atom. The SMILES string of the molecule is CCC(C)N(CC(O)CO/N=C(\Cl)c1nc2ccccc2o1)C(C)CC. The third-order valence-corrected chi connectivity index (χ3v) is 4.85. The zero-order valence-electron chi connectivity index (χ0n) is 15.9. The second-order valence-electron chi connectivity index (χ2n) is 6.53. The summed E-state index contributed by atoms with van der Waals surface area (Å²) in [4.78, 5) is 11.8. The second-order valence-corrected chi connectivity index (χ2v) is 6.89. The first-order chi connectivity index (χ1) is 12.5. The molecule has 0 bridgehead atoms. The van der Waals surface area contributed by atoms with E-state index in [1.807, 2.05) is 18.2 Å². The van der Waals surface area contributed by atoms with Crippen molar-refractivity contribution in [3.63, 3.8) is 0 Å². The molecule has 0 fully saturated rings. The number of rotatable bonds is 10. The van der Waals surface area contributed by atoms with Crippen molar-refractivity contribution in [3.8, 4) is 0 Å². The van der Waals surface area contributed by atoms with Gasteiger partial charge in [-0.3, -0.25) is 4.90 Å². The number of aliphatic hydroxyl groups is 1. The summed E-state index contributed by atoms with van der Waals surface area (Å²) in [6.45, 7) is 9.21. The molecular formula is C19H28ClN3O3. The molecule has 3 atom stereocenters. The minimum absolute atomic E-state index is 0.0223. The minimum Gasteiger partial charge on any atom is -0.434 e. The molecule has 6 nitrogen and oxygen atoms in total. The number of aliphatic hydroxyl groups excluding tert-OH is 1. The van der Waals surface area contributed by atoms with Crippen LogP contribution in [-0.4, -0.2) is 51.5 Å². The molecule has 0 aliphatic heterocycles. The van der Waals surface area contributed by atoms with Gasteiger partial charge in [0.1, 0.15) is 18.2 Å². The van der Waals surface area contributed by atoms with Gasteiger partial charge in [-0.2, -0.15) is 0 Å². The first kappa shape index (κ1) is 20.7. The van der Waals surface area contributed by atoms with Crippen LogP contribution in [0.15, 0.2) is 33.8 Å². The Morgan fingerprint density at radius 3 is 2.54 bits per heavy atom. The van der Waals surface area contributed by atoms with E-state index in [0.717, 1.165) is 12.8 Å². The summed E-state index contributed by atoms with van der Waals surface area (Å²) >= 11 is 6.09. The monoisotopic (exact) mass is 381 g/mol. The van der Waals surface area contributed by atoms with Crippen LogP contribution in [0.5, 0.6) is 0 Å². The van der Waals surface area contributed by atoms with E-state index in [1.54, 1.807) is 6.07 Å². The smallest absolute Gasteiger partial charge is 0.261 e. The van der Waals surface area contributed by atoms with Crippen molar-refractivity contribution in [2.75, 3.05) is 13.2 Å². The normalized spacial score (nSPS) is 16.0. The number of para-hydroxylation sites is 2. The largest absolute Gasteiger partial charge is 0.434 e. The summed E-state index contributed by atoms with van der Waals surface area (Å²) in [6.07, 6.45) is 1.40. The molecule has 26 heavy (non-hydrogen) atoms. The second kappa shape index (κ2) is 9.90. The van der Waals surface area contributed by atoms with Crippen molar-refractivity contribution >= 4 is 27.9 Å². The highest BCUT2D eigenvalue weighted by atomic mass is 35.5. The molecule has 2 aromatic rings. The summed E-state index contributed by atoms with van der Waals surface area (Å²) < 4.78 is 5.52. The van der Waals surface area contributed by atoms with Gasteiger partial charge in [-0.15, -0.1) is 0 Å². The van der Waals surface area contributed by atoms with Crippen molar-refractivity contribution < 1.29 is 14.4 Å². The molecule has 0 amide bonds. The average molecular weight is 382 g/mol. The highest BCUT2D eigenvalue weighted by Crippen LogP contribution is 2.17. The number of aromatic nitrogens is 1. The Bertz CT molecular complexity index is 676. The standard InChI is InChI=1S/C19H28ClN3O3/c1-5-13(3)23(14(4)6-2)11-15(24)12-25-22-18(20)19-21-16-9-7-8-10-17(16)26-19/h7-10,13-15,24H,5-6,11-12H2,1-4H3/b22-18-. The van der Waals surface area contributed by atoms with E-state index in [0.29, 0.717) is 29.7 Å². The van der Waals surface area contributed by atoms with E-state index in [2.05, 4.69) is 42.7 Å². The van der Waals surface area contributed by atoms with Crippen LogP contribution in [-0.2, 0) is 4.84 Å². The molecule has 0 saturated carbocycles. The molecule has 3 unspecified atom stereocenters. The first-order valence-corrected chi connectivity index (χ1v) is 9.49. The van der Waals surface area contributed by atoms with Crippen LogP contribution < -0.4 is 0 Å². The third-order valence-electron chi connectivity index (χ3n) is 4.62. The van der Waals surface area contributed by atoms with Crippen molar-refractivity contribution in [3.05, 3.63) is 30.2 Å². The van der Waals surface area contributed by atoms with Crippen LogP contribution in [0.3, 0.4) is 0 Å². The van der Waals surface area contributed by atoms with E-state index in [4.69, 9.17) is 20.9 Å². The quantitative estimate of drug-likeness (QED) is 0.497. The molecule has 1 heterocycles. The van der Waals surface area contributed by atoms with E-state index in [1.165, 1.54) is 0 Å². The van der Waals surface area contributed by atoms with E-state index in [-0.39, 0.29) is 17.7 Å². The average Bonchev–Trinajstić information content (AvgIpc) is 3.09. The van der Waals surface area contributed by atoms with Gasteiger partial charge in [-0.25, -0.2) is 4.98 Å². The molecule has 1 N–H and O–H groups in total. The third kappa shape index (κ3) is 5.43. The van der Waals surface area contributed by atoms with Crippen LogP contribution in [0.1, 0.15) is 46.4 Å². The van der Waals surface area contributed by atoms with Crippen molar-refractivity contribution in [2.24, 2.45) is 5.16 Å². The molecule has 1 aromatic carbocycles. The number of nitrogens with zero attached hydrogens (tertiary/aromatic N) is 3. The van der Waals surface area contributed by atoms with Crippen LogP contribution in [0.25, 0.3) is 11.1 Å². The Balaban J connectivity index is 1.91. The number of benzene rings is 1. The Hall–Kier alpha value is -1.63. The molecule has 0 aliphatic rings. The fourth-order valence-corrected chi connectivity index (χ4v) is 2.87. The van der Waals surface area contributed by atoms with Crippen LogP contribution in [0, 0.1) is 0 Å². The van der Waals surface area contributed by atoms with Gasteiger partial charge in [0.25, 0.3) is 5.89 Å². The maximum absolute atomic E-state index is 10.3. The lowest BCUT2D eigenvalue weighted by Crippen LogP contribution is -2.45. The number of oxime groups is 1. The topological polar surface area (TPSA) is 71.1 Å². The van der Waals surface area contributed by atoms with Crippen molar-refractivity contribution in [1.82, 2.24) is 9.88 Å². The van der Waals surface area contributed by atoms with Gasteiger partial charge in [0.15, 0.2) is 5.58 Å². The molecule has 7 heteroatoms. The number of halogens is 1. The summed E-state index contributed by atoms with van der Waals surface area (Å²) in [7, 11) is 0. The van der Waals surface area contributed by atoms with Crippen LogP contribution >= 0.6 is 11.6 Å². The van der Waals surface area contributed by atoms with Gasteiger partial charge in [0.05, 0.1) is 0 Å². The van der Waals surface area contributed by atoms with Crippen LogP contribution in [0.4, 0.5) is 0 Å². The lowest BCUT2D eigenvalue weighted by atomic mass is 10.1. The Morgan fingerprint density at radius 1 is 1.27 bits per heavy atom. The van der Waals surface area contributed by atoms with Gasteiger partial charge in [-0.1, -0.05) is 42.7 Å². The summed E-state index contributed by atoms with van der Waals surface area (Å²) in [5.41, 5.74) is 1.34. The fraction of sp³-hybridized carbons (Fsp3) is 0.579. The maximum atomic E-state index is 10.3. The molecule has 144 valence electrons. The Labute approximate surface area is 159 Å². The molecular weight excluding hydrogens is 354 g/mol. The zero-order valence-corrected chi connectivity index (χ0v) is 16.6. The van der Waals surface area contributed by atoms with Crippen molar-refractivity contribution in [1.29, 1.82) is 0 Å². The molecule has 0 spiro atoms. The van der Waals surface area contributed by atoms with E-state index in [9.17, 15) is 5.11 Å². The fourth-order valence-electron chi connectivity index (χ4n) is 2.74. The van der Waals surface area contributed by atoms with E-state index < -0.39 is 6.10 Å². The highest BCUT2D eigenvalue weighted by Gasteiger charge is 2.21. The summed E-state index contributed by atoms with van der Waals surface area (Å²) in [5.74, 6) is 0.197. The predicted octanol–water partition coefficient (Wildman–Crippen LogP) is 4.00. The highest BCUT2D eigenvalue weighted by molar-refractivity contribution is 6.68. The lowest BCUT2D eigenvalue weighted by molar-refractivity contribution is 0.00144. The van der Waals surface area contributed by atoms with Crippen molar-refractivity contribution in [2.45, 2.75) is 58.7 Å².